The molecule has 276 valence electrons. The van der Waals surface area contributed by atoms with Crippen molar-refractivity contribution >= 4 is 33.7 Å². The molecule has 1 N–H and O–H groups in total. The molecule has 1 amide bonds. The summed E-state index contributed by atoms with van der Waals surface area (Å²) in [5, 5.41) is 14.3. The SMILES string of the molecule is CS(=O)(=O)N1CCc2c(c(-c3ccc(C(F)(F)F)c(SCCN4CCCC(C(=O)O)C4)c3)nn2CCCN2CCC(N3CCCC3=O)CC2)C1. The highest BCUT2D eigenvalue weighted by atomic mass is 32.2. The topological polar surface area (TPSA) is 119 Å². The lowest BCUT2D eigenvalue weighted by Crippen LogP contribution is -2.45. The van der Waals surface area contributed by atoms with Crippen molar-refractivity contribution in [3.05, 3.63) is 35.0 Å². The van der Waals surface area contributed by atoms with Crippen molar-refractivity contribution in [3.63, 3.8) is 0 Å². The number of aryl methyl sites for hydroxylation is 1. The van der Waals surface area contributed by atoms with Crippen LogP contribution in [0.1, 0.15) is 61.8 Å². The van der Waals surface area contributed by atoms with E-state index < -0.39 is 33.7 Å². The highest BCUT2D eigenvalue weighted by Gasteiger charge is 2.36. The number of aliphatic carboxylic acids is 1. The maximum absolute atomic E-state index is 14.2. The Morgan fingerprint density at radius 2 is 1.78 bits per heavy atom. The van der Waals surface area contributed by atoms with Gasteiger partial charge in [0, 0.05) is 98.7 Å². The third kappa shape index (κ3) is 8.68. The summed E-state index contributed by atoms with van der Waals surface area (Å²) in [5.74, 6) is -0.680. The van der Waals surface area contributed by atoms with Gasteiger partial charge in [-0.05, 0) is 63.7 Å². The molecule has 0 saturated carbocycles. The summed E-state index contributed by atoms with van der Waals surface area (Å²) in [6, 6.07) is 4.35. The molecule has 1 atom stereocenters. The van der Waals surface area contributed by atoms with Crippen LogP contribution in [0.5, 0.6) is 0 Å². The van der Waals surface area contributed by atoms with Gasteiger partial charge in [0.05, 0.1) is 23.4 Å². The molecule has 1 aromatic heterocycles. The number of hydrogen-bond acceptors (Lipinski definition) is 8. The van der Waals surface area contributed by atoms with Gasteiger partial charge in [-0.1, -0.05) is 6.07 Å². The Labute approximate surface area is 296 Å². The van der Waals surface area contributed by atoms with E-state index in [2.05, 4.69) is 4.90 Å². The number of benzene rings is 1. The van der Waals surface area contributed by atoms with Gasteiger partial charge in [-0.25, -0.2) is 8.42 Å². The molecule has 4 aliphatic heterocycles. The Morgan fingerprint density at radius 1 is 1.00 bits per heavy atom. The van der Waals surface area contributed by atoms with Crippen molar-refractivity contribution < 1.29 is 36.3 Å². The van der Waals surface area contributed by atoms with Gasteiger partial charge in [0.1, 0.15) is 0 Å². The molecule has 11 nitrogen and oxygen atoms in total. The lowest BCUT2D eigenvalue weighted by molar-refractivity contribution is -0.143. The monoisotopic (exact) mass is 740 g/mol. The molecule has 5 heterocycles. The predicted molar refractivity (Wildman–Crippen MR) is 184 cm³/mol. The number of carbonyl (C=O) groups excluding carboxylic acids is 1. The fourth-order valence-electron chi connectivity index (χ4n) is 7.89. The van der Waals surface area contributed by atoms with E-state index in [4.69, 9.17) is 5.10 Å². The standard InChI is InChI=1S/C34H47F3N6O5S2/c1-50(47,48)41-18-11-29-27(23-41)32(38-43(29)15-4-13-39-16-9-26(10-17-39)42-14-3-6-31(42)44)24-7-8-28(34(35,36)37)30(21-24)49-20-19-40-12-2-5-25(22-40)33(45)46/h7-8,21,25-26H,2-6,9-20,22-23H2,1H3,(H,45,46). The number of fused-ring (bicyclic) bond motifs is 1. The molecule has 3 fully saturated rings. The van der Waals surface area contributed by atoms with E-state index in [-0.39, 0.29) is 17.3 Å². The Balaban J connectivity index is 1.17. The van der Waals surface area contributed by atoms with Gasteiger partial charge in [0.25, 0.3) is 0 Å². The second-order valence-electron chi connectivity index (χ2n) is 14.0. The number of hydrogen-bond donors (Lipinski definition) is 1. The highest BCUT2D eigenvalue weighted by molar-refractivity contribution is 7.99. The Morgan fingerprint density at radius 3 is 2.46 bits per heavy atom. The summed E-state index contributed by atoms with van der Waals surface area (Å²) in [5.41, 5.74) is 1.91. The molecule has 1 aromatic carbocycles. The number of amides is 1. The second kappa shape index (κ2) is 15.5. The van der Waals surface area contributed by atoms with Crippen LogP contribution in [-0.4, -0.2) is 125 Å². The van der Waals surface area contributed by atoms with Gasteiger partial charge >= 0.3 is 12.1 Å². The van der Waals surface area contributed by atoms with E-state index in [1.165, 1.54) is 22.7 Å². The summed E-state index contributed by atoms with van der Waals surface area (Å²) < 4.78 is 70.9. The minimum atomic E-state index is -4.56. The largest absolute Gasteiger partial charge is 0.481 e. The lowest BCUT2D eigenvalue weighted by Gasteiger charge is -2.36. The molecule has 4 aliphatic rings. The van der Waals surface area contributed by atoms with Crippen LogP contribution in [-0.2, 0) is 45.3 Å². The van der Waals surface area contributed by atoms with Gasteiger partial charge in [-0.2, -0.15) is 22.6 Å². The summed E-state index contributed by atoms with van der Waals surface area (Å²) in [7, 11) is -3.50. The van der Waals surface area contributed by atoms with Crippen LogP contribution in [0.15, 0.2) is 23.1 Å². The second-order valence-corrected chi connectivity index (χ2v) is 17.1. The quantitative estimate of drug-likeness (QED) is 0.319. The van der Waals surface area contributed by atoms with E-state index in [0.29, 0.717) is 68.5 Å². The zero-order valence-electron chi connectivity index (χ0n) is 28.5. The summed E-state index contributed by atoms with van der Waals surface area (Å²) in [6.07, 6.45) is 2.73. The fourth-order valence-corrected chi connectivity index (χ4v) is 9.79. The molecule has 2 aromatic rings. The molecular weight excluding hydrogens is 694 g/mol. The smallest absolute Gasteiger partial charge is 0.417 e. The molecule has 50 heavy (non-hydrogen) atoms. The third-order valence-corrected chi connectivity index (χ3v) is 12.9. The molecule has 0 spiro atoms. The number of carboxylic acids is 1. The number of aromatic nitrogens is 2. The Bertz CT molecular complexity index is 1660. The predicted octanol–water partition coefficient (Wildman–Crippen LogP) is 4.25. The summed E-state index contributed by atoms with van der Waals surface area (Å²) in [6.45, 7) is 6.15. The van der Waals surface area contributed by atoms with Crippen molar-refractivity contribution in [2.75, 3.05) is 64.4 Å². The normalized spacial score (nSPS) is 22.0. The number of carboxylic acid groups (broad SMARTS) is 1. The number of halogens is 3. The Hall–Kier alpha value is -2.66. The first-order valence-electron chi connectivity index (χ1n) is 17.6. The number of sulfonamides is 1. The van der Waals surface area contributed by atoms with E-state index in [1.54, 1.807) is 0 Å². The van der Waals surface area contributed by atoms with Gasteiger partial charge < -0.3 is 19.8 Å². The number of rotatable bonds is 12. The van der Waals surface area contributed by atoms with Crippen LogP contribution in [0.3, 0.4) is 0 Å². The number of piperidine rings is 2. The molecular formula is C34H47F3N6O5S2. The van der Waals surface area contributed by atoms with Gasteiger partial charge in [-0.15, -0.1) is 11.8 Å². The van der Waals surface area contributed by atoms with Crippen LogP contribution in [0.2, 0.25) is 0 Å². The first kappa shape index (κ1) is 37.1. The van der Waals surface area contributed by atoms with E-state index in [1.807, 2.05) is 14.5 Å². The van der Waals surface area contributed by atoms with Crippen LogP contribution in [0, 0.1) is 5.92 Å². The van der Waals surface area contributed by atoms with E-state index in [9.17, 15) is 36.3 Å². The van der Waals surface area contributed by atoms with Crippen molar-refractivity contribution in [1.82, 2.24) is 28.8 Å². The van der Waals surface area contributed by atoms with Gasteiger partial charge in [0.2, 0.25) is 15.9 Å². The molecule has 1 unspecified atom stereocenters. The summed E-state index contributed by atoms with van der Waals surface area (Å²) in [4.78, 5) is 30.2. The molecule has 0 radical (unpaired) electrons. The third-order valence-electron chi connectivity index (χ3n) is 10.6. The molecule has 6 rings (SSSR count). The van der Waals surface area contributed by atoms with E-state index >= 15 is 0 Å². The van der Waals surface area contributed by atoms with E-state index in [0.717, 1.165) is 93.9 Å². The number of nitrogens with zero attached hydrogens (tertiary/aromatic N) is 6. The molecule has 0 bridgehead atoms. The molecule has 16 heteroatoms. The number of carbonyl (C=O) groups is 2. The molecule has 0 aliphatic carbocycles. The average molecular weight is 741 g/mol. The van der Waals surface area contributed by atoms with Crippen molar-refractivity contribution in [1.29, 1.82) is 0 Å². The minimum Gasteiger partial charge on any atom is -0.481 e. The number of likely N-dealkylation sites (tertiary alicyclic amines) is 3. The first-order chi connectivity index (χ1) is 23.8. The van der Waals surface area contributed by atoms with Crippen LogP contribution < -0.4 is 0 Å². The van der Waals surface area contributed by atoms with Crippen LogP contribution in [0.4, 0.5) is 13.2 Å². The zero-order valence-corrected chi connectivity index (χ0v) is 30.2. The van der Waals surface area contributed by atoms with Crippen molar-refractivity contribution in [3.8, 4) is 11.3 Å². The van der Waals surface area contributed by atoms with Crippen LogP contribution >= 0.6 is 11.8 Å². The maximum Gasteiger partial charge on any atom is 0.417 e. The highest BCUT2D eigenvalue weighted by Crippen LogP contribution is 2.40. The molecule has 3 saturated heterocycles. The number of thioether (sulfide) groups is 1. The summed E-state index contributed by atoms with van der Waals surface area (Å²) >= 11 is 1.10. The van der Waals surface area contributed by atoms with Gasteiger partial charge in [-0.3, -0.25) is 14.3 Å². The average Bonchev–Trinajstić information content (AvgIpc) is 3.67. The minimum absolute atomic E-state index is 0.0694. The van der Waals surface area contributed by atoms with Gasteiger partial charge in [0.15, 0.2) is 0 Å². The lowest BCUT2D eigenvalue weighted by atomic mass is 9.98. The van der Waals surface area contributed by atoms with Crippen molar-refractivity contribution in [2.24, 2.45) is 5.92 Å². The maximum atomic E-state index is 14.2. The number of alkyl halides is 3. The van der Waals surface area contributed by atoms with Crippen molar-refractivity contribution in [2.45, 2.75) is 81.6 Å². The Kier molecular flexibility index (Phi) is 11.5. The first-order valence-corrected chi connectivity index (χ1v) is 20.5. The van der Waals surface area contributed by atoms with Crippen LogP contribution in [0.25, 0.3) is 11.3 Å². The fraction of sp³-hybridized carbons (Fsp3) is 0.676. The zero-order chi connectivity index (χ0) is 35.6.